The number of carbonyl (C=O) groups excluding carboxylic acids is 2. The lowest BCUT2D eigenvalue weighted by atomic mass is 10.0. The quantitative estimate of drug-likeness (QED) is 0.225. The summed E-state index contributed by atoms with van der Waals surface area (Å²) >= 11 is 5.72. The van der Waals surface area contributed by atoms with Crippen LogP contribution in [0.2, 0.25) is 0 Å². The summed E-state index contributed by atoms with van der Waals surface area (Å²) in [6.45, 7) is 2.35. The first-order valence-electron chi connectivity index (χ1n) is 12.6. The van der Waals surface area contributed by atoms with Gasteiger partial charge in [0.2, 0.25) is 5.91 Å². The van der Waals surface area contributed by atoms with Crippen LogP contribution in [0.1, 0.15) is 45.9 Å². The number of hydrogen-bond donors (Lipinski definition) is 2. The van der Waals surface area contributed by atoms with Crippen molar-refractivity contribution in [1.29, 1.82) is 0 Å². The summed E-state index contributed by atoms with van der Waals surface area (Å²) in [6.07, 6.45) is 1.98. The average Bonchev–Trinajstić information content (AvgIpc) is 3.58. The molecule has 2 atom stereocenters. The van der Waals surface area contributed by atoms with Crippen molar-refractivity contribution in [3.8, 4) is 11.3 Å². The third-order valence-corrected chi connectivity index (χ3v) is 7.06. The number of nitrogens with zero attached hydrogens (tertiary/aromatic N) is 2. The molecule has 1 amide bonds. The van der Waals surface area contributed by atoms with Crippen LogP contribution < -0.4 is 10.6 Å². The maximum Gasteiger partial charge on any atom is 0.337 e. The number of hydrogen-bond acceptors (Lipinski definition) is 6. The van der Waals surface area contributed by atoms with E-state index < -0.39 is 5.97 Å². The second-order valence-electron chi connectivity index (χ2n) is 9.20. The summed E-state index contributed by atoms with van der Waals surface area (Å²) < 4.78 is 11.1. The van der Waals surface area contributed by atoms with Gasteiger partial charge in [-0.05, 0) is 67.2 Å². The minimum atomic E-state index is -0.396. The topological polar surface area (TPSA) is 96.7 Å². The van der Waals surface area contributed by atoms with Crippen molar-refractivity contribution in [3.63, 3.8) is 0 Å². The van der Waals surface area contributed by atoms with E-state index in [-0.39, 0.29) is 24.4 Å². The third-order valence-electron chi connectivity index (χ3n) is 6.71. The number of rotatable bonds is 8. The zero-order chi connectivity index (χ0) is 27.4. The Kier molecular flexibility index (Phi) is 7.69. The van der Waals surface area contributed by atoms with Gasteiger partial charge in [-0.1, -0.05) is 36.4 Å². The molecule has 3 heterocycles. The molecule has 1 fully saturated rings. The van der Waals surface area contributed by atoms with Gasteiger partial charge in [0.15, 0.2) is 5.11 Å². The van der Waals surface area contributed by atoms with Gasteiger partial charge < -0.3 is 24.7 Å². The van der Waals surface area contributed by atoms with E-state index in [1.807, 2.05) is 78.6 Å². The van der Waals surface area contributed by atoms with E-state index in [0.717, 1.165) is 22.5 Å². The molecule has 2 aromatic carbocycles. The molecule has 1 saturated heterocycles. The molecule has 8 nitrogen and oxygen atoms in total. The second kappa shape index (κ2) is 11.5. The fourth-order valence-electron chi connectivity index (χ4n) is 4.66. The van der Waals surface area contributed by atoms with Crippen molar-refractivity contribution in [3.05, 3.63) is 108 Å². The van der Waals surface area contributed by atoms with Crippen molar-refractivity contribution in [1.82, 2.24) is 15.2 Å². The van der Waals surface area contributed by atoms with Crippen molar-refractivity contribution in [2.75, 3.05) is 19.0 Å². The monoisotopic (exact) mass is 540 g/mol. The number of benzene rings is 2. The Balaban J connectivity index is 1.39. The summed E-state index contributed by atoms with van der Waals surface area (Å²) in [7, 11) is 1.35. The normalized spacial score (nSPS) is 16.6. The first-order chi connectivity index (χ1) is 18.9. The number of methoxy groups -OCH3 is 1. The van der Waals surface area contributed by atoms with Gasteiger partial charge in [-0.2, -0.15) is 0 Å². The number of nitrogens with one attached hydrogen (secondary N) is 2. The first-order valence-corrected chi connectivity index (χ1v) is 13.0. The smallest absolute Gasteiger partial charge is 0.337 e. The van der Waals surface area contributed by atoms with Crippen LogP contribution in [0.15, 0.2) is 89.5 Å². The highest BCUT2D eigenvalue weighted by molar-refractivity contribution is 7.80. The number of aromatic nitrogens is 1. The van der Waals surface area contributed by atoms with Gasteiger partial charge >= 0.3 is 5.97 Å². The van der Waals surface area contributed by atoms with Crippen LogP contribution in [-0.2, 0) is 9.53 Å². The fraction of sp³-hybridized carbons (Fsp3) is 0.200. The lowest BCUT2D eigenvalue weighted by molar-refractivity contribution is -0.116. The fourth-order valence-corrected chi connectivity index (χ4v) is 4.99. The predicted octanol–water partition coefficient (Wildman–Crippen LogP) is 5.44. The molecule has 1 aliphatic rings. The Hall–Kier alpha value is -4.50. The van der Waals surface area contributed by atoms with Crippen LogP contribution in [0, 0.1) is 6.92 Å². The van der Waals surface area contributed by atoms with Crippen molar-refractivity contribution in [2.45, 2.75) is 25.4 Å². The predicted molar refractivity (Wildman–Crippen MR) is 152 cm³/mol. The van der Waals surface area contributed by atoms with Gasteiger partial charge in [0.05, 0.1) is 24.4 Å². The number of esters is 1. The highest BCUT2D eigenvalue weighted by Gasteiger charge is 2.41. The molecule has 5 rings (SSSR count). The number of para-hydroxylation sites is 1. The number of amides is 1. The number of aryl methyl sites for hydroxylation is 1. The molecular weight excluding hydrogens is 512 g/mol. The molecule has 39 heavy (non-hydrogen) atoms. The van der Waals surface area contributed by atoms with Crippen molar-refractivity contribution < 1.29 is 18.7 Å². The zero-order valence-electron chi connectivity index (χ0n) is 21.6. The molecule has 198 valence electrons. The maximum absolute atomic E-state index is 12.8. The standard InChI is InChI=1S/C30H28N4O4S/c1-19-7-3-4-8-22(19)32-26(35)16-18-34-28(27(33-30(34)39)23-9-5-6-17-31-23)25-15-14-24(38-25)20-10-12-21(13-11-20)29(36)37-2/h3-15,17,27-28H,16,18H2,1-2H3,(H,32,35)(H,33,39)/t27-,28+/m1/s1. The van der Waals surface area contributed by atoms with Crippen LogP contribution in [-0.4, -0.2) is 40.5 Å². The van der Waals surface area contributed by atoms with E-state index >= 15 is 0 Å². The minimum absolute atomic E-state index is 0.0991. The average molecular weight is 541 g/mol. The Morgan fingerprint density at radius 2 is 1.82 bits per heavy atom. The molecule has 4 aromatic rings. The Morgan fingerprint density at radius 3 is 2.54 bits per heavy atom. The van der Waals surface area contributed by atoms with Crippen LogP contribution in [0.5, 0.6) is 0 Å². The van der Waals surface area contributed by atoms with Gasteiger partial charge in [-0.3, -0.25) is 9.78 Å². The summed E-state index contributed by atoms with van der Waals surface area (Å²) in [6, 6.07) is 23.7. The molecule has 2 aromatic heterocycles. The van der Waals surface area contributed by atoms with Gasteiger partial charge in [-0.25, -0.2) is 4.79 Å². The summed E-state index contributed by atoms with van der Waals surface area (Å²) in [5, 5.41) is 6.90. The largest absolute Gasteiger partial charge is 0.465 e. The molecule has 1 aliphatic heterocycles. The first kappa shape index (κ1) is 26.1. The molecule has 0 unspecified atom stereocenters. The van der Waals surface area contributed by atoms with Crippen LogP contribution in [0.3, 0.4) is 0 Å². The minimum Gasteiger partial charge on any atom is -0.465 e. The van der Waals surface area contributed by atoms with Gasteiger partial charge in [0.25, 0.3) is 0 Å². The summed E-state index contributed by atoms with van der Waals surface area (Å²) in [4.78, 5) is 31.2. The molecule has 9 heteroatoms. The van der Waals surface area contributed by atoms with E-state index in [1.165, 1.54) is 7.11 Å². The van der Waals surface area contributed by atoms with Gasteiger partial charge in [0, 0.05) is 30.4 Å². The molecule has 0 radical (unpaired) electrons. The lowest BCUT2D eigenvalue weighted by Crippen LogP contribution is -2.32. The highest BCUT2D eigenvalue weighted by Crippen LogP contribution is 2.40. The summed E-state index contributed by atoms with van der Waals surface area (Å²) in [5.41, 5.74) is 3.89. The summed E-state index contributed by atoms with van der Waals surface area (Å²) in [5.74, 6) is 0.839. The highest BCUT2D eigenvalue weighted by atomic mass is 32.1. The lowest BCUT2D eigenvalue weighted by Gasteiger charge is -2.26. The molecule has 0 bridgehead atoms. The zero-order valence-corrected chi connectivity index (χ0v) is 22.4. The second-order valence-corrected chi connectivity index (χ2v) is 9.59. The third kappa shape index (κ3) is 5.68. The molecule has 2 N–H and O–H groups in total. The van der Waals surface area contributed by atoms with E-state index in [4.69, 9.17) is 21.4 Å². The molecule has 0 spiro atoms. The van der Waals surface area contributed by atoms with E-state index in [0.29, 0.717) is 28.7 Å². The van der Waals surface area contributed by atoms with Crippen LogP contribution in [0.25, 0.3) is 11.3 Å². The number of anilines is 1. The van der Waals surface area contributed by atoms with Gasteiger partial charge in [-0.15, -0.1) is 0 Å². The molecular formula is C30H28N4O4S. The number of furan rings is 1. The van der Waals surface area contributed by atoms with Crippen molar-refractivity contribution >= 4 is 34.9 Å². The van der Waals surface area contributed by atoms with Gasteiger partial charge in [0.1, 0.15) is 17.6 Å². The van der Waals surface area contributed by atoms with Crippen LogP contribution in [0.4, 0.5) is 5.69 Å². The SMILES string of the molecule is COC(=O)c1ccc(-c2ccc([C@H]3[C@@H](c4ccccn4)NC(=S)N3CCC(=O)Nc3ccccc3C)o2)cc1. The Morgan fingerprint density at radius 1 is 1.05 bits per heavy atom. The Bertz CT molecular complexity index is 1490. The number of ether oxygens (including phenoxy) is 1. The Labute approximate surface area is 232 Å². The maximum atomic E-state index is 12.8. The molecule has 0 saturated carbocycles. The number of pyridine rings is 1. The van der Waals surface area contributed by atoms with Crippen molar-refractivity contribution in [2.24, 2.45) is 0 Å². The van der Waals surface area contributed by atoms with Crippen LogP contribution >= 0.6 is 12.2 Å². The molecule has 0 aliphatic carbocycles. The number of thiocarbonyl (C=S) groups is 1. The van der Waals surface area contributed by atoms with E-state index in [9.17, 15) is 9.59 Å². The van der Waals surface area contributed by atoms with E-state index in [1.54, 1.807) is 18.3 Å². The number of carbonyl (C=O) groups is 2. The van der Waals surface area contributed by atoms with E-state index in [2.05, 4.69) is 15.6 Å².